The van der Waals surface area contributed by atoms with Gasteiger partial charge in [-0.1, -0.05) is 23.6 Å². The third kappa shape index (κ3) is 3.21. The molecule has 0 aromatic carbocycles. The third-order valence-electron chi connectivity index (χ3n) is 1.55. The van der Waals surface area contributed by atoms with Crippen molar-refractivity contribution in [3.63, 3.8) is 0 Å². The fraction of sp³-hybridized carbons (Fsp3) is 0.500. The molecular formula is C8H12NPS2. The molecule has 0 N–H and O–H groups in total. The van der Waals surface area contributed by atoms with Gasteiger partial charge in [0.05, 0.1) is 11.3 Å². The van der Waals surface area contributed by atoms with Crippen LogP contribution in [-0.2, 0) is 11.8 Å². The first-order valence-corrected chi connectivity index (χ1v) is 6.98. The Morgan fingerprint density at radius 2 is 2.00 bits per heavy atom. The molecule has 0 spiro atoms. The molecule has 0 aliphatic rings. The van der Waals surface area contributed by atoms with Crippen LogP contribution in [0.4, 0.5) is 0 Å². The molecule has 0 aromatic heterocycles. The number of hydrogen-bond acceptors (Lipinski definition) is 2. The van der Waals surface area contributed by atoms with Gasteiger partial charge in [-0.2, -0.15) is 12.6 Å². The Morgan fingerprint density at radius 1 is 1.50 bits per heavy atom. The number of hydrogen-bond donors (Lipinski definition) is 1. The quantitative estimate of drug-likeness (QED) is 0.428. The van der Waals surface area contributed by atoms with Crippen LogP contribution in [0, 0.1) is 24.7 Å². The lowest BCUT2D eigenvalue weighted by atomic mass is 10.2. The normalized spacial score (nSPS) is 17.5. The van der Waals surface area contributed by atoms with Crippen LogP contribution in [0.5, 0.6) is 0 Å². The minimum atomic E-state index is -0.948. The first-order chi connectivity index (χ1) is 5.54. The molecule has 66 valence electrons. The third-order valence-corrected chi connectivity index (χ3v) is 4.12. The van der Waals surface area contributed by atoms with E-state index in [1.54, 1.807) is 0 Å². The minimum absolute atomic E-state index is 0.144. The van der Waals surface area contributed by atoms with Crippen molar-refractivity contribution in [1.29, 1.82) is 0 Å². The van der Waals surface area contributed by atoms with Gasteiger partial charge in [0.1, 0.15) is 0 Å². The minimum Gasteiger partial charge on any atom is -0.264 e. The summed E-state index contributed by atoms with van der Waals surface area (Å²) in [5, 5.41) is -0.233. The van der Waals surface area contributed by atoms with Crippen LogP contribution in [0.2, 0.25) is 0 Å². The Hall–Kier alpha value is 0.0800. The molecule has 0 radical (unpaired) electrons. The van der Waals surface area contributed by atoms with E-state index in [1.165, 1.54) is 0 Å². The first kappa shape index (κ1) is 12.1. The van der Waals surface area contributed by atoms with Gasteiger partial charge in [-0.25, -0.2) is 0 Å². The monoisotopic (exact) mass is 217 g/mol. The van der Waals surface area contributed by atoms with Crippen molar-refractivity contribution in [2.24, 2.45) is 0 Å². The maximum Gasteiger partial charge on any atom is 0.0975 e. The van der Waals surface area contributed by atoms with E-state index in [0.29, 0.717) is 0 Å². The van der Waals surface area contributed by atoms with Crippen molar-refractivity contribution in [3.8, 4) is 24.7 Å². The van der Waals surface area contributed by atoms with E-state index in [1.807, 2.05) is 18.4 Å². The highest BCUT2D eigenvalue weighted by molar-refractivity contribution is 8.03. The molecule has 0 saturated carbocycles. The molecule has 0 aliphatic carbocycles. The molecule has 1 nitrogen and oxygen atoms in total. The van der Waals surface area contributed by atoms with Gasteiger partial charge < -0.3 is 0 Å². The standard InChI is InChI=1S/C8H12NPS2/c1-5-7(8(11)6-2)9(3)10(4)12/h1-2,7-8,10-11H,3-4H3. The van der Waals surface area contributed by atoms with Gasteiger partial charge in [0.15, 0.2) is 0 Å². The zero-order valence-corrected chi connectivity index (χ0v) is 9.82. The molecular weight excluding hydrogens is 205 g/mol. The Morgan fingerprint density at radius 3 is 2.25 bits per heavy atom. The molecule has 0 amide bonds. The maximum atomic E-state index is 5.32. The van der Waals surface area contributed by atoms with Crippen LogP contribution in [0.1, 0.15) is 0 Å². The van der Waals surface area contributed by atoms with Crippen molar-refractivity contribution < 1.29 is 0 Å². The van der Waals surface area contributed by atoms with Crippen molar-refractivity contribution in [3.05, 3.63) is 0 Å². The molecule has 0 heterocycles. The second kappa shape index (κ2) is 5.68. The van der Waals surface area contributed by atoms with Crippen LogP contribution in [0.25, 0.3) is 0 Å². The van der Waals surface area contributed by atoms with Crippen LogP contribution in [-0.4, -0.2) is 29.7 Å². The Balaban J connectivity index is 4.50. The van der Waals surface area contributed by atoms with Gasteiger partial charge in [-0.15, -0.1) is 12.8 Å². The van der Waals surface area contributed by atoms with E-state index in [-0.39, 0.29) is 11.3 Å². The second-order valence-electron chi connectivity index (χ2n) is 2.35. The lowest BCUT2D eigenvalue weighted by molar-refractivity contribution is 0.498. The zero-order valence-electron chi connectivity index (χ0n) is 7.11. The molecule has 0 fully saturated rings. The SMILES string of the molecule is C#CC(S)C(C#C)N(C)[PH](C)=S. The highest BCUT2D eigenvalue weighted by Crippen LogP contribution is 2.25. The molecule has 3 atom stereocenters. The van der Waals surface area contributed by atoms with Gasteiger partial charge in [0.2, 0.25) is 0 Å². The predicted octanol–water partition coefficient (Wildman–Crippen LogP) is 1.07. The molecule has 12 heavy (non-hydrogen) atoms. The Bertz CT molecular complexity index is 251. The highest BCUT2D eigenvalue weighted by atomic mass is 32.4. The molecule has 0 rings (SSSR count). The summed E-state index contributed by atoms with van der Waals surface area (Å²) >= 11 is 9.33. The topological polar surface area (TPSA) is 3.24 Å². The van der Waals surface area contributed by atoms with Crippen LogP contribution in [0.3, 0.4) is 0 Å². The van der Waals surface area contributed by atoms with E-state index in [4.69, 9.17) is 24.7 Å². The summed E-state index contributed by atoms with van der Waals surface area (Å²) < 4.78 is 1.96. The van der Waals surface area contributed by atoms with Crippen LogP contribution < -0.4 is 0 Å². The van der Waals surface area contributed by atoms with Gasteiger partial charge in [-0.05, 0) is 13.7 Å². The van der Waals surface area contributed by atoms with Gasteiger partial charge in [-0.3, -0.25) is 4.67 Å². The second-order valence-corrected chi connectivity index (χ2v) is 6.43. The van der Waals surface area contributed by atoms with Crippen molar-refractivity contribution >= 4 is 31.3 Å². The van der Waals surface area contributed by atoms with Crippen LogP contribution >= 0.6 is 19.5 Å². The molecule has 0 saturated heterocycles. The van der Waals surface area contributed by atoms with E-state index < -0.39 is 6.85 Å². The number of rotatable bonds is 3. The fourth-order valence-electron chi connectivity index (χ4n) is 0.702. The fourth-order valence-corrected chi connectivity index (χ4v) is 2.07. The largest absolute Gasteiger partial charge is 0.264 e. The molecule has 4 heteroatoms. The summed E-state index contributed by atoms with van der Waals surface area (Å²) in [6, 6.07) is -0.144. The van der Waals surface area contributed by atoms with E-state index in [9.17, 15) is 0 Å². The van der Waals surface area contributed by atoms with Crippen molar-refractivity contribution in [2.75, 3.05) is 13.7 Å². The average molecular weight is 217 g/mol. The van der Waals surface area contributed by atoms with Crippen molar-refractivity contribution in [2.45, 2.75) is 11.3 Å². The van der Waals surface area contributed by atoms with Gasteiger partial charge >= 0.3 is 0 Å². The Kier molecular flexibility index (Phi) is 5.72. The lowest BCUT2D eigenvalue weighted by Crippen LogP contribution is -2.32. The van der Waals surface area contributed by atoms with Crippen molar-refractivity contribution in [1.82, 2.24) is 4.67 Å². The van der Waals surface area contributed by atoms with Crippen LogP contribution in [0.15, 0.2) is 0 Å². The average Bonchev–Trinajstić information content (AvgIpc) is 2.05. The maximum absolute atomic E-state index is 5.32. The summed E-state index contributed by atoms with van der Waals surface area (Å²) in [5.41, 5.74) is 0. The molecule has 0 aliphatic heterocycles. The van der Waals surface area contributed by atoms with Gasteiger partial charge in [0.25, 0.3) is 0 Å². The van der Waals surface area contributed by atoms with E-state index in [0.717, 1.165) is 0 Å². The summed E-state index contributed by atoms with van der Waals surface area (Å²) in [7, 11) is 1.90. The van der Waals surface area contributed by atoms with E-state index in [2.05, 4.69) is 24.5 Å². The highest BCUT2D eigenvalue weighted by Gasteiger charge is 2.18. The molecule has 0 bridgehead atoms. The number of terminal acetylenes is 2. The summed E-state index contributed by atoms with van der Waals surface area (Å²) in [4.78, 5) is 0. The molecule has 3 unspecified atom stereocenters. The molecule has 0 aromatic rings. The zero-order chi connectivity index (χ0) is 9.72. The predicted molar refractivity (Wildman–Crippen MR) is 63.6 cm³/mol. The lowest BCUT2D eigenvalue weighted by Gasteiger charge is -2.25. The first-order valence-electron chi connectivity index (χ1n) is 3.38. The smallest absolute Gasteiger partial charge is 0.0975 e. The number of thiol groups is 1. The Labute approximate surface area is 85.8 Å². The summed E-state index contributed by atoms with van der Waals surface area (Å²) in [6.45, 7) is 1.04. The summed E-state index contributed by atoms with van der Waals surface area (Å²) in [5.74, 6) is 5.10. The summed E-state index contributed by atoms with van der Waals surface area (Å²) in [6.07, 6.45) is 10.5. The van der Waals surface area contributed by atoms with Gasteiger partial charge in [0, 0.05) is 6.85 Å². The van der Waals surface area contributed by atoms with E-state index >= 15 is 0 Å². The number of nitrogens with zero attached hydrogens (tertiary/aromatic N) is 1.